The van der Waals surface area contributed by atoms with Crippen LogP contribution in [0.1, 0.15) is 18.6 Å². The van der Waals surface area contributed by atoms with Crippen LogP contribution in [0.5, 0.6) is 0 Å². The second-order valence-corrected chi connectivity index (χ2v) is 3.11. The fourth-order valence-electron chi connectivity index (χ4n) is 1.44. The molecule has 2 atom stereocenters. The normalized spacial score (nSPS) is 26.6. The maximum Gasteiger partial charge on any atom is 0.272 e. The van der Waals surface area contributed by atoms with Crippen LogP contribution in [0.2, 0.25) is 0 Å². The molecule has 3 heteroatoms. The molecule has 0 N–H and O–H groups in total. The maximum absolute atomic E-state index is 5.54. The average molecular weight is 194 g/mol. The number of hydrogen-bond acceptors (Lipinski definition) is 3. The van der Waals surface area contributed by atoms with Crippen LogP contribution in [-0.2, 0) is 14.2 Å². The molecule has 1 aliphatic rings. The maximum atomic E-state index is 5.54. The van der Waals surface area contributed by atoms with Gasteiger partial charge in [-0.25, -0.2) is 0 Å². The third kappa shape index (κ3) is 2.12. The smallest absolute Gasteiger partial charge is 0.272 e. The standard InChI is InChI=1S/C11H14O3/c1-2-12-11-13-8-10(14-11)9-6-4-3-5-7-9/h3-7,10-11H,2,8H2,1H3/t10-,11?/m0/s1. The van der Waals surface area contributed by atoms with Crippen molar-refractivity contribution in [1.82, 2.24) is 0 Å². The van der Waals surface area contributed by atoms with E-state index in [2.05, 4.69) is 0 Å². The molecule has 0 spiro atoms. The van der Waals surface area contributed by atoms with Gasteiger partial charge in [0, 0.05) is 6.61 Å². The van der Waals surface area contributed by atoms with Crippen molar-refractivity contribution in [1.29, 1.82) is 0 Å². The van der Waals surface area contributed by atoms with Gasteiger partial charge in [-0.1, -0.05) is 30.3 Å². The molecule has 1 saturated heterocycles. The Morgan fingerprint density at radius 1 is 1.36 bits per heavy atom. The Labute approximate surface area is 83.6 Å². The highest BCUT2D eigenvalue weighted by molar-refractivity contribution is 5.17. The molecule has 76 valence electrons. The van der Waals surface area contributed by atoms with Crippen LogP contribution in [0.25, 0.3) is 0 Å². The molecule has 0 aromatic heterocycles. The Bertz CT molecular complexity index is 273. The summed E-state index contributed by atoms with van der Waals surface area (Å²) in [5.74, 6) is 0. The Balaban J connectivity index is 1.96. The molecule has 1 heterocycles. The minimum Gasteiger partial charge on any atom is -0.330 e. The summed E-state index contributed by atoms with van der Waals surface area (Å²) in [7, 11) is 0. The van der Waals surface area contributed by atoms with Gasteiger partial charge < -0.3 is 14.2 Å². The molecule has 1 aromatic carbocycles. The van der Waals surface area contributed by atoms with Gasteiger partial charge in [0.15, 0.2) is 0 Å². The summed E-state index contributed by atoms with van der Waals surface area (Å²) in [6.45, 7) is 2.59. The molecule has 0 amide bonds. The molecule has 2 rings (SSSR count). The second kappa shape index (κ2) is 4.55. The first-order valence-corrected chi connectivity index (χ1v) is 4.83. The van der Waals surface area contributed by atoms with Crippen LogP contribution in [0, 0.1) is 0 Å². The van der Waals surface area contributed by atoms with Crippen LogP contribution in [-0.4, -0.2) is 19.7 Å². The lowest BCUT2D eigenvalue weighted by Gasteiger charge is -2.10. The summed E-state index contributed by atoms with van der Waals surface area (Å²) in [6, 6.07) is 10.0. The molecule has 0 bridgehead atoms. The van der Waals surface area contributed by atoms with Crippen molar-refractivity contribution in [3.8, 4) is 0 Å². The van der Waals surface area contributed by atoms with E-state index in [0.29, 0.717) is 13.2 Å². The van der Waals surface area contributed by atoms with Crippen molar-refractivity contribution < 1.29 is 14.2 Å². The van der Waals surface area contributed by atoms with Gasteiger partial charge in [0.1, 0.15) is 6.10 Å². The van der Waals surface area contributed by atoms with Crippen LogP contribution in [0.15, 0.2) is 30.3 Å². The minimum atomic E-state index is -0.495. The molecule has 0 saturated carbocycles. The van der Waals surface area contributed by atoms with E-state index in [1.165, 1.54) is 0 Å². The van der Waals surface area contributed by atoms with Gasteiger partial charge in [0.25, 0.3) is 6.48 Å². The Kier molecular flexibility index (Phi) is 3.14. The summed E-state index contributed by atoms with van der Waals surface area (Å²) >= 11 is 0. The first kappa shape index (κ1) is 9.65. The summed E-state index contributed by atoms with van der Waals surface area (Å²) < 4.78 is 16.1. The largest absolute Gasteiger partial charge is 0.330 e. The summed E-state index contributed by atoms with van der Waals surface area (Å²) in [4.78, 5) is 0. The molecular formula is C11H14O3. The van der Waals surface area contributed by atoms with Crippen LogP contribution < -0.4 is 0 Å². The highest BCUT2D eigenvalue weighted by Crippen LogP contribution is 2.26. The first-order valence-electron chi connectivity index (χ1n) is 4.83. The lowest BCUT2D eigenvalue weighted by molar-refractivity contribution is -0.235. The third-order valence-corrected chi connectivity index (χ3v) is 2.13. The lowest BCUT2D eigenvalue weighted by atomic mass is 10.1. The van der Waals surface area contributed by atoms with Crippen molar-refractivity contribution in [2.24, 2.45) is 0 Å². The van der Waals surface area contributed by atoms with Gasteiger partial charge in [-0.2, -0.15) is 0 Å². The Morgan fingerprint density at radius 3 is 2.86 bits per heavy atom. The Hall–Kier alpha value is -0.900. The number of rotatable bonds is 3. The molecule has 1 aliphatic heterocycles. The first-order chi connectivity index (χ1) is 6.90. The molecule has 1 unspecified atom stereocenters. The molecule has 0 aliphatic carbocycles. The van der Waals surface area contributed by atoms with E-state index in [1.54, 1.807) is 0 Å². The Morgan fingerprint density at radius 2 is 2.14 bits per heavy atom. The second-order valence-electron chi connectivity index (χ2n) is 3.11. The monoisotopic (exact) mass is 194 g/mol. The quantitative estimate of drug-likeness (QED) is 0.737. The topological polar surface area (TPSA) is 27.7 Å². The fourth-order valence-corrected chi connectivity index (χ4v) is 1.44. The summed E-state index contributed by atoms with van der Waals surface area (Å²) in [6.07, 6.45) is 0.00718. The number of ether oxygens (including phenoxy) is 3. The van der Waals surface area contributed by atoms with Crippen molar-refractivity contribution >= 4 is 0 Å². The van der Waals surface area contributed by atoms with Gasteiger partial charge in [-0.05, 0) is 12.5 Å². The number of benzene rings is 1. The zero-order chi connectivity index (χ0) is 9.80. The zero-order valence-corrected chi connectivity index (χ0v) is 8.18. The van der Waals surface area contributed by atoms with Crippen molar-refractivity contribution in [3.05, 3.63) is 35.9 Å². The van der Waals surface area contributed by atoms with E-state index < -0.39 is 6.48 Å². The van der Waals surface area contributed by atoms with Crippen molar-refractivity contribution in [3.63, 3.8) is 0 Å². The average Bonchev–Trinajstić information content (AvgIpc) is 2.68. The predicted octanol–water partition coefficient (Wildman–Crippen LogP) is 2.09. The van der Waals surface area contributed by atoms with Crippen molar-refractivity contribution in [2.45, 2.75) is 19.5 Å². The SMILES string of the molecule is CCOC1OC[C@@H](c2ccccc2)O1. The molecule has 3 nitrogen and oxygen atoms in total. The van der Waals surface area contributed by atoms with E-state index >= 15 is 0 Å². The van der Waals surface area contributed by atoms with Crippen LogP contribution in [0.3, 0.4) is 0 Å². The molecular weight excluding hydrogens is 180 g/mol. The molecule has 1 fully saturated rings. The van der Waals surface area contributed by atoms with Crippen molar-refractivity contribution in [2.75, 3.05) is 13.2 Å². The van der Waals surface area contributed by atoms with E-state index in [-0.39, 0.29) is 6.10 Å². The molecule has 0 radical (unpaired) electrons. The van der Waals surface area contributed by atoms with Gasteiger partial charge >= 0.3 is 0 Å². The van der Waals surface area contributed by atoms with Crippen LogP contribution >= 0.6 is 0 Å². The summed E-state index contributed by atoms with van der Waals surface area (Å²) in [5, 5.41) is 0. The van der Waals surface area contributed by atoms with E-state index in [9.17, 15) is 0 Å². The highest BCUT2D eigenvalue weighted by Gasteiger charge is 2.27. The van der Waals surface area contributed by atoms with Gasteiger partial charge in [-0.3, -0.25) is 0 Å². The minimum absolute atomic E-state index is 0.00718. The molecule has 1 aromatic rings. The van der Waals surface area contributed by atoms with E-state index in [0.717, 1.165) is 5.56 Å². The molecule has 14 heavy (non-hydrogen) atoms. The van der Waals surface area contributed by atoms with E-state index in [1.807, 2.05) is 37.3 Å². The zero-order valence-electron chi connectivity index (χ0n) is 8.18. The fraction of sp³-hybridized carbons (Fsp3) is 0.455. The van der Waals surface area contributed by atoms with Gasteiger partial charge in [0.2, 0.25) is 0 Å². The van der Waals surface area contributed by atoms with Gasteiger partial charge in [-0.15, -0.1) is 0 Å². The third-order valence-electron chi connectivity index (χ3n) is 2.13. The van der Waals surface area contributed by atoms with Crippen LogP contribution in [0.4, 0.5) is 0 Å². The summed E-state index contributed by atoms with van der Waals surface area (Å²) in [5.41, 5.74) is 1.13. The highest BCUT2D eigenvalue weighted by atomic mass is 16.9. The predicted molar refractivity (Wildman–Crippen MR) is 51.6 cm³/mol. The number of hydrogen-bond donors (Lipinski definition) is 0. The van der Waals surface area contributed by atoms with E-state index in [4.69, 9.17) is 14.2 Å². The van der Waals surface area contributed by atoms with Gasteiger partial charge in [0.05, 0.1) is 6.61 Å². The lowest BCUT2D eigenvalue weighted by Crippen LogP contribution is -2.12.